The van der Waals surface area contributed by atoms with Crippen LogP contribution in [0, 0.1) is 0 Å². The van der Waals surface area contributed by atoms with Crippen LogP contribution in [0.4, 0.5) is 0 Å². The van der Waals surface area contributed by atoms with Crippen molar-refractivity contribution in [3.05, 3.63) is 156 Å². The third kappa shape index (κ3) is 2.86. The smallest absolute Gasteiger partial charge is 0.0622 e. The van der Waals surface area contributed by atoms with E-state index in [0.29, 0.717) is 5.56 Å². The molecule has 7 aromatic carbocycles. The molecular weight excluding hydrogens is 456 g/mol. The van der Waals surface area contributed by atoms with Gasteiger partial charge in [0.1, 0.15) is 0 Å². The van der Waals surface area contributed by atoms with Crippen LogP contribution in [-0.4, -0.2) is 0 Å². The first-order valence-electron chi connectivity index (χ1n) is 18.0. The van der Waals surface area contributed by atoms with E-state index in [0.717, 1.165) is 27.8 Å². The minimum absolute atomic E-state index is 0.00783. The molecule has 0 N–H and O–H groups in total. The molecule has 178 valence electrons. The highest BCUT2D eigenvalue weighted by Gasteiger charge is 2.40. The van der Waals surface area contributed by atoms with Gasteiger partial charge < -0.3 is 0 Å². The molecule has 1 aliphatic rings. The largest absolute Gasteiger partial charge is 0.0636 e. The van der Waals surface area contributed by atoms with E-state index in [1.807, 2.05) is 48.5 Å². The van der Waals surface area contributed by atoms with E-state index in [1.165, 1.54) is 0 Å². The Morgan fingerprint density at radius 2 is 1.26 bits per heavy atom. The van der Waals surface area contributed by atoms with Crippen molar-refractivity contribution in [1.82, 2.24) is 0 Å². The van der Waals surface area contributed by atoms with Crippen LogP contribution >= 0.6 is 0 Å². The zero-order valence-corrected chi connectivity index (χ0v) is 20.4. The van der Waals surface area contributed by atoms with Crippen LogP contribution < -0.4 is 0 Å². The second kappa shape index (κ2) is 7.91. The van der Waals surface area contributed by atoms with Crippen molar-refractivity contribution < 1.29 is 15.1 Å². The maximum absolute atomic E-state index is 9.38. The van der Waals surface area contributed by atoms with E-state index in [-0.39, 0.29) is 37.9 Å². The van der Waals surface area contributed by atoms with Crippen LogP contribution in [0.25, 0.3) is 54.6 Å². The van der Waals surface area contributed by atoms with E-state index < -0.39 is 71.9 Å². The summed E-state index contributed by atoms with van der Waals surface area (Å²) in [4.78, 5) is 0. The first-order chi connectivity index (χ1) is 23.3. The van der Waals surface area contributed by atoms with Crippen molar-refractivity contribution in [2.45, 2.75) is 12.3 Å². The minimum Gasteiger partial charge on any atom is -0.0622 e. The molecule has 0 saturated carbocycles. The molecule has 0 nitrogen and oxygen atoms in total. The van der Waals surface area contributed by atoms with Crippen molar-refractivity contribution in [3.63, 3.8) is 0 Å². The fourth-order valence-corrected chi connectivity index (χ4v) is 6.08. The molecule has 0 amide bonds. The third-order valence-electron chi connectivity index (χ3n) is 7.89. The summed E-state index contributed by atoms with van der Waals surface area (Å²) in [6.45, 7) is 2.13. The van der Waals surface area contributed by atoms with Crippen molar-refractivity contribution in [2.75, 3.05) is 0 Å². The molecule has 1 aliphatic carbocycles. The van der Waals surface area contributed by atoms with Crippen LogP contribution in [0.15, 0.2) is 139 Å². The fraction of sp³-hybridized carbons (Fsp3) is 0.0526. The average Bonchev–Trinajstić information content (AvgIpc) is 3.37. The normalized spacial score (nSPS) is 20.2. The van der Waals surface area contributed by atoms with Gasteiger partial charge in [-0.2, -0.15) is 0 Å². The zero-order chi connectivity index (χ0) is 34.8. The number of hydrogen-bond donors (Lipinski definition) is 0. The highest BCUT2D eigenvalue weighted by atomic mass is 14.4. The van der Waals surface area contributed by atoms with Crippen LogP contribution in [0.5, 0.6) is 0 Å². The molecule has 0 spiro atoms. The Balaban J connectivity index is 1.63. The Labute approximate surface area is 238 Å². The van der Waals surface area contributed by atoms with Crippen LogP contribution in [0.2, 0.25) is 0 Å². The molecule has 0 heterocycles. The Hall–Kier alpha value is -4.68. The molecule has 38 heavy (non-hydrogen) atoms. The maximum atomic E-state index is 9.38. The van der Waals surface area contributed by atoms with Crippen molar-refractivity contribution in [3.8, 4) is 22.3 Å². The van der Waals surface area contributed by atoms with Gasteiger partial charge in [-0.05, 0) is 90.3 Å². The summed E-state index contributed by atoms with van der Waals surface area (Å²) in [6, 6.07) is 18.5. The highest BCUT2D eigenvalue weighted by Crippen LogP contribution is 2.53. The lowest BCUT2D eigenvalue weighted by molar-refractivity contribution is 0.714. The van der Waals surface area contributed by atoms with Crippen molar-refractivity contribution in [2.24, 2.45) is 0 Å². The fourth-order valence-electron chi connectivity index (χ4n) is 6.08. The van der Waals surface area contributed by atoms with E-state index in [4.69, 9.17) is 12.3 Å². The van der Waals surface area contributed by atoms with Crippen molar-refractivity contribution >= 4 is 32.3 Å². The van der Waals surface area contributed by atoms with Crippen molar-refractivity contribution in [1.29, 1.82) is 0 Å². The van der Waals surface area contributed by atoms with E-state index in [9.17, 15) is 2.74 Å². The van der Waals surface area contributed by atoms with Gasteiger partial charge in [0.2, 0.25) is 0 Å². The van der Waals surface area contributed by atoms with Gasteiger partial charge in [0, 0.05) is 5.41 Å². The summed E-state index contributed by atoms with van der Waals surface area (Å²) in [5.41, 5.74) is 5.14. The minimum atomic E-state index is -0.625. The van der Waals surface area contributed by atoms with E-state index >= 15 is 0 Å². The molecule has 8 rings (SSSR count). The predicted molar refractivity (Wildman–Crippen MR) is 162 cm³/mol. The number of benzene rings is 7. The molecule has 0 saturated heterocycles. The average molecular weight is 494 g/mol. The zero-order valence-electron chi connectivity index (χ0n) is 31.4. The standard InChI is InChI=1S/C38H26/c1-38(28-13-3-2-4-14-28)35-18-10-9-17-31(35)32-21-20-27(24-36(32)38)37-30-16-8-6-12-26(30)23-34-29-15-7-5-11-25(29)19-22-33(34)37/h2-24H,1H3/i5D,6D,7D,8D,11D,12D,15D,16D,19D,22D,23D. The van der Waals surface area contributed by atoms with Crippen LogP contribution in [0.3, 0.4) is 0 Å². The SMILES string of the molecule is [2H]c1c([2H])c([2H])c2c([2H])c3c(c([2H])c([2H])c4c([2H])c([2H])c([2H])c([2H])c43)c(-c3ccc4c(c3)C(C)(c3ccccc3)c3ccccc3-4)c2c1[2H]. The molecule has 0 heteroatoms. The van der Waals surface area contributed by atoms with Gasteiger partial charge in [0.25, 0.3) is 0 Å². The van der Waals surface area contributed by atoms with Gasteiger partial charge in [-0.25, -0.2) is 0 Å². The summed E-state index contributed by atoms with van der Waals surface area (Å²) < 4.78 is 97.0. The van der Waals surface area contributed by atoms with Gasteiger partial charge in [0.15, 0.2) is 0 Å². The van der Waals surface area contributed by atoms with Crippen LogP contribution in [-0.2, 0) is 5.41 Å². The Morgan fingerprint density at radius 3 is 2.13 bits per heavy atom. The molecule has 0 aliphatic heterocycles. The Kier molecular flexibility index (Phi) is 2.75. The maximum Gasteiger partial charge on any atom is 0.0636 e. The lowest BCUT2D eigenvalue weighted by Gasteiger charge is -2.28. The Morgan fingerprint density at radius 1 is 0.553 bits per heavy atom. The number of rotatable bonds is 2. The van der Waals surface area contributed by atoms with E-state index in [2.05, 4.69) is 31.2 Å². The lowest BCUT2D eigenvalue weighted by Crippen LogP contribution is -2.22. The molecule has 0 fully saturated rings. The summed E-state index contributed by atoms with van der Waals surface area (Å²) in [7, 11) is 0. The molecule has 0 bridgehead atoms. The van der Waals surface area contributed by atoms with Gasteiger partial charge >= 0.3 is 0 Å². The Bertz CT molecular complexity index is 2630. The molecule has 7 aromatic rings. The van der Waals surface area contributed by atoms with Crippen LogP contribution in [0.1, 0.15) is 38.7 Å². The molecule has 0 radical (unpaired) electrons. The second-order valence-electron chi connectivity index (χ2n) is 9.80. The highest BCUT2D eigenvalue weighted by molar-refractivity contribution is 6.20. The quantitative estimate of drug-likeness (QED) is 0.166. The van der Waals surface area contributed by atoms with Gasteiger partial charge in [-0.3, -0.25) is 0 Å². The van der Waals surface area contributed by atoms with Gasteiger partial charge in [-0.1, -0.05) is 127 Å². The van der Waals surface area contributed by atoms with Gasteiger partial charge in [0.05, 0.1) is 15.1 Å². The van der Waals surface area contributed by atoms with Gasteiger partial charge in [-0.15, -0.1) is 0 Å². The summed E-state index contributed by atoms with van der Waals surface area (Å²) in [5, 5.41) is -0.524. The molecular formula is C38H26. The molecule has 1 atom stereocenters. The lowest BCUT2D eigenvalue weighted by atomic mass is 9.73. The monoisotopic (exact) mass is 493 g/mol. The molecule has 1 unspecified atom stereocenters. The topological polar surface area (TPSA) is 0 Å². The first-order valence-corrected chi connectivity index (χ1v) is 12.5. The first kappa shape index (κ1) is 13.2. The van der Waals surface area contributed by atoms with E-state index in [1.54, 1.807) is 0 Å². The molecule has 0 aromatic heterocycles. The summed E-state index contributed by atoms with van der Waals surface area (Å²) >= 11 is 0. The number of hydrogen-bond acceptors (Lipinski definition) is 0. The predicted octanol–water partition coefficient (Wildman–Crippen LogP) is 10.1. The second-order valence-corrected chi connectivity index (χ2v) is 9.80. The summed E-state index contributed by atoms with van der Waals surface area (Å²) in [5.74, 6) is 0. The number of fused-ring (bicyclic) bond motifs is 7. The summed E-state index contributed by atoms with van der Waals surface area (Å²) in [6.07, 6.45) is 0. The third-order valence-corrected chi connectivity index (χ3v) is 7.89.